The molecule has 128 valence electrons. The van der Waals surface area contributed by atoms with Crippen LogP contribution in [0.1, 0.15) is 23.5 Å². The van der Waals surface area contributed by atoms with E-state index in [0.717, 1.165) is 40.0 Å². The van der Waals surface area contributed by atoms with Gasteiger partial charge in [0.25, 0.3) is 0 Å². The minimum atomic E-state index is -0.0855. The molecule has 0 bridgehead atoms. The molecule has 1 unspecified atom stereocenters. The molecule has 4 aromatic rings. The van der Waals surface area contributed by atoms with Crippen LogP contribution in [0, 0.1) is 0 Å². The average molecular weight is 360 g/mol. The summed E-state index contributed by atoms with van der Waals surface area (Å²) in [6.45, 7) is 0. The second kappa shape index (κ2) is 6.07. The summed E-state index contributed by atoms with van der Waals surface area (Å²) in [5.74, 6) is 0.553. The van der Waals surface area contributed by atoms with Crippen LogP contribution in [0.3, 0.4) is 0 Å². The van der Waals surface area contributed by atoms with Crippen LogP contribution in [0.4, 0.5) is 5.82 Å². The number of imidazole rings is 1. The largest absolute Gasteiger partial charge is 0.345 e. The number of amides is 1. The van der Waals surface area contributed by atoms with E-state index in [2.05, 4.69) is 32.4 Å². The van der Waals surface area contributed by atoms with Crippen molar-refractivity contribution >= 4 is 34.1 Å². The van der Waals surface area contributed by atoms with Crippen molar-refractivity contribution in [3.8, 4) is 10.6 Å². The highest BCUT2D eigenvalue weighted by Gasteiger charge is 2.28. The molecule has 0 saturated heterocycles. The summed E-state index contributed by atoms with van der Waals surface area (Å²) in [5, 5.41) is 5.76. The van der Waals surface area contributed by atoms with Crippen molar-refractivity contribution in [2.45, 2.75) is 18.8 Å². The molecular formula is C20H16N4OS. The SMILES string of the molecule is O=C(Nc1csc(-c2ccc3nc[nH]c3c2)n1)C1CCc2ccccc21. The van der Waals surface area contributed by atoms with Gasteiger partial charge in [0, 0.05) is 10.9 Å². The molecule has 0 radical (unpaired) electrons. The van der Waals surface area contributed by atoms with Crippen LogP contribution in [-0.4, -0.2) is 20.9 Å². The van der Waals surface area contributed by atoms with Crippen LogP contribution < -0.4 is 5.32 Å². The molecule has 2 heterocycles. The van der Waals surface area contributed by atoms with Crippen LogP contribution in [0.25, 0.3) is 21.6 Å². The average Bonchev–Trinajstić information content (AvgIpc) is 3.39. The number of carbonyl (C=O) groups is 1. The molecular weight excluding hydrogens is 344 g/mol. The second-order valence-electron chi connectivity index (χ2n) is 6.45. The number of H-pyrrole nitrogens is 1. The topological polar surface area (TPSA) is 70.7 Å². The summed E-state index contributed by atoms with van der Waals surface area (Å²) >= 11 is 1.52. The lowest BCUT2D eigenvalue weighted by Crippen LogP contribution is -2.19. The minimum Gasteiger partial charge on any atom is -0.345 e. The van der Waals surface area contributed by atoms with Gasteiger partial charge in [0.05, 0.1) is 23.3 Å². The van der Waals surface area contributed by atoms with Gasteiger partial charge in [0.2, 0.25) is 5.91 Å². The molecule has 0 saturated carbocycles. The molecule has 2 aromatic carbocycles. The van der Waals surface area contributed by atoms with Gasteiger partial charge >= 0.3 is 0 Å². The molecule has 1 aliphatic rings. The smallest absolute Gasteiger partial charge is 0.233 e. The highest BCUT2D eigenvalue weighted by atomic mass is 32.1. The zero-order chi connectivity index (χ0) is 17.5. The number of nitrogens with zero attached hydrogens (tertiary/aromatic N) is 2. The second-order valence-corrected chi connectivity index (χ2v) is 7.31. The Balaban J connectivity index is 1.36. The fourth-order valence-corrected chi connectivity index (χ4v) is 4.32. The molecule has 6 heteroatoms. The van der Waals surface area contributed by atoms with E-state index >= 15 is 0 Å². The molecule has 1 aliphatic carbocycles. The molecule has 5 nitrogen and oxygen atoms in total. The lowest BCUT2D eigenvalue weighted by atomic mass is 10.0. The van der Waals surface area contributed by atoms with E-state index in [1.54, 1.807) is 6.33 Å². The predicted octanol–water partition coefficient (Wildman–Crippen LogP) is 4.35. The highest BCUT2D eigenvalue weighted by Crippen LogP contribution is 2.34. The van der Waals surface area contributed by atoms with Crippen molar-refractivity contribution in [3.63, 3.8) is 0 Å². The number of anilines is 1. The van der Waals surface area contributed by atoms with E-state index in [-0.39, 0.29) is 11.8 Å². The van der Waals surface area contributed by atoms with E-state index in [1.807, 2.05) is 35.7 Å². The van der Waals surface area contributed by atoms with Crippen molar-refractivity contribution in [3.05, 3.63) is 65.3 Å². The maximum Gasteiger partial charge on any atom is 0.233 e. The van der Waals surface area contributed by atoms with Crippen molar-refractivity contribution in [2.75, 3.05) is 5.32 Å². The lowest BCUT2D eigenvalue weighted by Gasteiger charge is -2.10. The van der Waals surface area contributed by atoms with Gasteiger partial charge in [-0.15, -0.1) is 11.3 Å². The third-order valence-electron chi connectivity index (χ3n) is 4.87. The number of fused-ring (bicyclic) bond motifs is 2. The summed E-state index contributed by atoms with van der Waals surface area (Å²) in [5.41, 5.74) is 5.34. The molecule has 5 rings (SSSR count). The number of benzene rings is 2. The fourth-order valence-electron chi connectivity index (χ4n) is 3.58. The fraction of sp³-hybridized carbons (Fsp3) is 0.150. The number of aryl methyl sites for hydroxylation is 1. The maximum absolute atomic E-state index is 12.7. The van der Waals surface area contributed by atoms with Crippen molar-refractivity contribution < 1.29 is 4.79 Å². The molecule has 0 fully saturated rings. The van der Waals surface area contributed by atoms with Crippen LogP contribution in [0.2, 0.25) is 0 Å². The van der Waals surface area contributed by atoms with Crippen LogP contribution in [0.5, 0.6) is 0 Å². The molecule has 1 atom stereocenters. The van der Waals surface area contributed by atoms with E-state index in [4.69, 9.17) is 0 Å². The number of hydrogen-bond donors (Lipinski definition) is 2. The minimum absolute atomic E-state index is 0.0239. The molecule has 1 amide bonds. The van der Waals surface area contributed by atoms with Gasteiger partial charge in [-0.05, 0) is 42.2 Å². The highest BCUT2D eigenvalue weighted by molar-refractivity contribution is 7.13. The Kier molecular flexibility index (Phi) is 3.57. The standard InChI is InChI=1S/C20H16N4OS/c25-19(15-7-5-12-3-1-2-4-14(12)15)23-18-10-26-20(24-18)13-6-8-16-17(9-13)22-11-21-16/h1-4,6,8-11,15H,5,7H2,(H,21,22)(H,23,25). The Morgan fingerprint density at radius 1 is 1.23 bits per heavy atom. The monoisotopic (exact) mass is 360 g/mol. The van der Waals surface area contributed by atoms with E-state index in [0.29, 0.717) is 5.82 Å². The van der Waals surface area contributed by atoms with Crippen molar-refractivity contribution in [1.29, 1.82) is 0 Å². The van der Waals surface area contributed by atoms with Gasteiger partial charge < -0.3 is 10.3 Å². The van der Waals surface area contributed by atoms with Crippen LogP contribution >= 0.6 is 11.3 Å². The number of thiazole rings is 1. The normalized spacial score (nSPS) is 15.9. The Morgan fingerprint density at radius 2 is 2.15 bits per heavy atom. The Hall–Kier alpha value is -2.99. The van der Waals surface area contributed by atoms with Gasteiger partial charge in [-0.1, -0.05) is 24.3 Å². The summed E-state index contributed by atoms with van der Waals surface area (Å²) in [6.07, 6.45) is 3.50. The quantitative estimate of drug-likeness (QED) is 0.570. The van der Waals surface area contributed by atoms with E-state index in [9.17, 15) is 4.79 Å². The van der Waals surface area contributed by atoms with Gasteiger partial charge in [0.15, 0.2) is 0 Å². The lowest BCUT2D eigenvalue weighted by molar-refractivity contribution is -0.117. The van der Waals surface area contributed by atoms with Gasteiger partial charge in [-0.2, -0.15) is 0 Å². The summed E-state index contributed by atoms with van der Waals surface area (Å²) in [4.78, 5) is 24.6. The maximum atomic E-state index is 12.7. The summed E-state index contributed by atoms with van der Waals surface area (Å²) in [7, 11) is 0. The third-order valence-corrected chi connectivity index (χ3v) is 5.76. The number of aromatic nitrogens is 3. The first kappa shape index (κ1) is 15.3. The first-order valence-electron chi connectivity index (χ1n) is 8.55. The summed E-state index contributed by atoms with van der Waals surface area (Å²) < 4.78 is 0. The predicted molar refractivity (Wildman–Crippen MR) is 103 cm³/mol. The van der Waals surface area contributed by atoms with Gasteiger partial charge in [-0.3, -0.25) is 4.79 Å². The zero-order valence-corrected chi connectivity index (χ0v) is 14.7. The molecule has 2 aromatic heterocycles. The first-order valence-corrected chi connectivity index (χ1v) is 9.43. The van der Waals surface area contributed by atoms with Crippen LogP contribution in [0.15, 0.2) is 54.2 Å². The molecule has 2 N–H and O–H groups in total. The third kappa shape index (κ3) is 2.59. The number of nitrogens with one attached hydrogen (secondary N) is 2. The molecule has 0 aliphatic heterocycles. The Bertz CT molecular complexity index is 1110. The molecule has 0 spiro atoms. The number of rotatable bonds is 3. The number of aromatic amines is 1. The Morgan fingerprint density at radius 3 is 3.12 bits per heavy atom. The van der Waals surface area contributed by atoms with Gasteiger partial charge in [-0.25, -0.2) is 9.97 Å². The molecule has 26 heavy (non-hydrogen) atoms. The summed E-state index contributed by atoms with van der Waals surface area (Å²) in [6, 6.07) is 14.2. The van der Waals surface area contributed by atoms with Crippen molar-refractivity contribution in [2.24, 2.45) is 0 Å². The number of carbonyl (C=O) groups excluding carboxylic acids is 1. The van der Waals surface area contributed by atoms with E-state index in [1.165, 1.54) is 16.9 Å². The number of hydrogen-bond acceptors (Lipinski definition) is 4. The van der Waals surface area contributed by atoms with Crippen molar-refractivity contribution in [1.82, 2.24) is 15.0 Å². The zero-order valence-electron chi connectivity index (χ0n) is 13.9. The first-order chi connectivity index (χ1) is 12.8. The van der Waals surface area contributed by atoms with Crippen LogP contribution in [-0.2, 0) is 11.2 Å². The Labute approximate surface area is 154 Å². The van der Waals surface area contributed by atoms with Gasteiger partial charge in [0.1, 0.15) is 10.8 Å². The van der Waals surface area contributed by atoms with E-state index < -0.39 is 0 Å².